The highest BCUT2D eigenvalue weighted by Crippen LogP contribution is 2.10. The third-order valence-electron chi connectivity index (χ3n) is 2.87. The maximum Gasteiger partial charge on any atom is 0.410 e. The van der Waals surface area contributed by atoms with Crippen molar-refractivity contribution < 1.29 is 14.3 Å². The van der Waals surface area contributed by atoms with Gasteiger partial charge in [-0.25, -0.2) is 4.79 Å². The number of aromatic nitrogens is 1. The maximum absolute atomic E-state index is 12.2. The predicted molar refractivity (Wildman–Crippen MR) is 93.3 cm³/mol. The lowest BCUT2D eigenvalue weighted by Gasteiger charge is -2.27. The molecule has 1 aromatic heterocycles. The molecule has 0 aliphatic heterocycles. The number of carbonyl (C=O) groups is 1. The Labute approximate surface area is 146 Å². The summed E-state index contributed by atoms with van der Waals surface area (Å²) in [5, 5.41) is 3.28. The third kappa shape index (κ3) is 8.88. The summed E-state index contributed by atoms with van der Waals surface area (Å²) in [6.07, 6.45) is 1.45. The van der Waals surface area contributed by atoms with Crippen LogP contribution in [-0.2, 0) is 16.0 Å². The summed E-state index contributed by atoms with van der Waals surface area (Å²) in [5.41, 5.74) is 0.450. The number of rotatable bonds is 8. The second-order valence-corrected chi connectivity index (χ2v) is 7.02. The summed E-state index contributed by atoms with van der Waals surface area (Å²) < 4.78 is 11.4. The molecule has 23 heavy (non-hydrogen) atoms. The third-order valence-corrected chi connectivity index (χ3v) is 3.34. The minimum Gasteiger partial charge on any atom is -0.444 e. The summed E-state index contributed by atoms with van der Waals surface area (Å²) >= 11 is 3.36. The average molecular weight is 388 g/mol. The Kier molecular flexibility index (Phi) is 8.51. The van der Waals surface area contributed by atoms with Crippen LogP contribution in [0.3, 0.4) is 0 Å². The Hall–Kier alpha value is -1.18. The lowest BCUT2D eigenvalue weighted by atomic mass is 10.2. The second-order valence-electron chi connectivity index (χ2n) is 6.10. The molecule has 0 aliphatic carbocycles. The number of amides is 1. The van der Waals surface area contributed by atoms with Gasteiger partial charge in [-0.1, -0.05) is 0 Å². The smallest absolute Gasteiger partial charge is 0.410 e. The zero-order valence-corrected chi connectivity index (χ0v) is 15.9. The molecule has 7 heteroatoms. The van der Waals surface area contributed by atoms with E-state index in [-0.39, 0.29) is 6.09 Å². The van der Waals surface area contributed by atoms with Crippen molar-refractivity contribution in [2.75, 3.05) is 33.4 Å². The molecule has 1 amide bonds. The molecule has 0 spiro atoms. The van der Waals surface area contributed by atoms with E-state index in [1.807, 2.05) is 32.9 Å². The molecule has 0 saturated heterocycles. The van der Waals surface area contributed by atoms with Gasteiger partial charge in [0.15, 0.2) is 0 Å². The van der Waals surface area contributed by atoms with Gasteiger partial charge in [-0.15, -0.1) is 0 Å². The van der Waals surface area contributed by atoms with Gasteiger partial charge < -0.3 is 19.7 Å². The topological polar surface area (TPSA) is 63.7 Å². The van der Waals surface area contributed by atoms with Crippen LogP contribution in [0.1, 0.15) is 26.5 Å². The van der Waals surface area contributed by atoms with Crippen molar-refractivity contribution in [2.45, 2.75) is 32.9 Å². The van der Waals surface area contributed by atoms with Crippen molar-refractivity contribution >= 4 is 22.0 Å². The van der Waals surface area contributed by atoms with Gasteiger partial charge in [0.2, 0.25) is 0 Å². The van der Waals surface area contributed by atoms with Gasteiger partial charge in [0.1, 0.15) is 5.60 Å². The van der Waals surface area contributed by atoms with E-state index in [4.69, 9.17) is 9.47 Å². The van der Waals surface area contributed by atoms with Crippen LogP contribution >= 0.6 is 15.9 Å². The molecule has 0 bridgehead atoms. The number of hydrogen-bond donors (Lipinski definition) is 1. The quantitative estimate of drug-likeness (QED) is 0.694. The van der Waals surface area contributed by atoms with Gasteiger partial charge in [-0.05, 0) is 48.8 Å². The van der Waals surface area contributed by atoms with Gasteiger partial charge in [0, 0.05) is 44.0 Å². The van der Waals surface area contributed by atoms with E-state index < -0.39 is 5.60 Å². The standard InChI is InChI=1S/C16H26BrN3O3/c1-16(2,3)23-15(21)20(9-10-22-4)8-7-18-12-14-6-5-13(17)11-19-14/h5-6,11,18H,7-10,12H2,1-4H3. The molecule has 130 valence electrons. The Morgan fingerprint density at radius 1 is 1.35 bits per heavy atom. The van der Waals surface area contributed by atoms with Crippen LogP contribution in [0.5, 0.6) is 0 Å². The number of nitrogens with zero attached hydrogens (tertiary/aromatic N) is 2. The van der Waals surface area contributed by atoms with Gasteiger partial charge in [0.05, 0.1) is 12.3 Å². The number of methoxy groups -OCH3 is 1. The molecule has 0 radical (unpaired) electrons. The van der Waals surface area contributed by atoms with Crippen LogP contribution in [0.2, 0.25) is 0 Å². The van der Waals surface area contributed by atoms with Crippen molar-refractivity contribution in [3.05, 3.63) is 28.5 Å². The van der Waals surface area contributed by atoms with Crippen LogP contribution < -0.4 is 5.32 Å². The van der Waals surface area contributed by atoms with Crippen LogP contribution in [0.25, 0.3) is 0 Å². The monoisotopic (exact) mass is 387 g/mol. The molecular weight excluding hydrogens is 362 g/mol. The van der Waals surface area contributed by atoms with Crippen molar-refractivity contribution in [1.82, 2.24) is 15.2 Å². The SMILES string of the molecule is COCCN(CCNCc1ccc(Br)cn1)C(=O)OC(C)(C)C. The van der Waals surface area contributed by atoms with Crippen LogP contribution in [0.4, 0.5) is 4.79 Å². The highest BCUT2D eigenvalue weighted by Gasteiger charge is 2.21. The lowest BCUT2D eigenvalue weighted by Crippen LogP contribution is -2.42. The van der Waals surface area contributed by atoms with Crippen molar-refractivity contribution in [3.8, 4) is 0 Å². The van der Waals surface area contributed by atoms with E-state index >= 15 is 0 Å². The Balaban J connectivity index is 2.41. The van der Waals surface area contributed by atoms with Crippen molar-refractivity contribution in [2.24, 2.45) is 0 Å². The second kappa shape index (κ2) is 9.85. The Bertz CT molecular complexity index is 474. The van der Waals surface area contributed by atoms with E-state index in [1.54, 1.807) is 18.2 Å². The molecule has 0 aromatic carbocycles. The number of pyridine rings is 1. The minimum atomic E-state index is -0.503. The van der Waals surface area contributed by atoms with E-state index in [9.17, 15) is 4.79 Å². The van der Waals surface area contributed by atoms with E-state index in [0.717, 1.165) is 10.2 Å². The van der Waals surface area contributed by atoms with E-state index in [1.165, 1.54) is 0 Å². The first kappa shape index (κ1) is 19.9. The number of carbonyl (C=O) groups excluding carboxylic acids is 1. The number of ether oxygens (including phenoxy) is 2. The van der Waals surface area contributed by atoms with Crippen molar-refractivity contribution in [3.63, 3.8) is 0 Å². The van der Waals surface area contributed by atoms with Crippen molar-refractivity contribution in [1.29, 1.82) is 0 Å². The normalized spacial score (nSPS) is 11.3. The average Bonchev–Trinajstić information content (AvgIpc) is 2.46. The molecule has 1 heterocycles. The fraction of sp³-hybridized carbons (Fsp3) is 0.625. The Morgan fingerprint density at radius 2 is 2.09 bits per heavy atom. The first-order chi connectivity index (χ1) is 10.8. The molecule has 1 N–H and O–H groups in total. The minimum absolute atomic E-state index is 0.321. The number of halogens is 1. The molecule has 0 atom stereocenters. The largest absolute Gasteiger partial charge is 0.444 e. The van der Waals surface area contributed by atoms with Gasteiger partial charge in [-0.2, -0.15) is 0 Å². The zero-order valence-electron chi connectivity index (χ0n) is 14.3. The van der Waals surface area contributed by atoms with Gasteiger partial charge in [-0.3, -0.25) is 4.98 Å². The molecule has 1 rings (SSSR count). The molecule has 0 saturated carbocycles. The molecule has 6 nitrogen and oxygen atoms in total. The van der Waals surface area contributed by atoms with E-state index in [0.29, 0.717) is 32.8 Å². The molecule has 0 aliphatic rings. The predicted octanol–water partition coefficient (Wildman–Crippen LogP) is 2.82. The molecule has 0 unspecified atom stereocenters. The summed E-state index contributed by atoms with van der Waals surface area (Å²) in [6.45, 7) is 8.41. The van der Waals surface area contributed by atoms with Gasteiger partial charge >= 0.3 is 6.09 Å². The molecular formula is C16H26BrN3O3. The molecule has 1 aromatic rings. The summed E-state index contributed by atoms with van der Waals surface area (Å²) in [7, 11) is 1.62. The van der Waals surface area contributed by atoms with Crippen LogP contribution in [0.15, 0.2) is 22.8 Å². The zero-order chi connectivity index (χ0) is 17.3. The highest BCUT2D eigenvalue weighted by molar-refractivity contribution is 9.10. The first-order valence-corrected chi connectivity index (χ1v) is 8.39. The lowest BCUT2D eigenvalue weighted by molar-refractivity contribution is 0.0204. The molecule has 0 fully saturated rings. The fourth-order valence-electron chi connectivity index (χ4n) is 1.76. The summed E-state index contributed by atoms with van der Waals surface area (Å²) in [5.74, 6) is 0. The highest BCUT2D eigenvalue weighted by atomic mass is 79.9. The maximum atomic E-state index is 12.2. The van der Waals surface area contributed by atoms with Crippen LogP contribution in [0, 0.1) is 0 Å². The first-order valence-electron chi connectivity index (χ1n) is 7.60. The number of hydrogen-bond acceptors (Lipinski definition) is 5. The van der Waals surface area contributed by atoms with E-state index in [2.05, 4.69) is 26.2 Å². The van der Waals surface area contributed by atoms with Gasteiger partial charge in [0.25, 0.3) is 0 Å². The number of nitrogens with one attached hydrogen (secondary N) is 1. The summed E-state index contributed by atoms with van der Waals surface area (Å²) in [6, 6.07) is 3.91. The summed E-state index contributed by atoms with van der Waals surface area (Å²) in [4.78, 5) is 18.1. The fourth-order valence-corrected chi connectivity index (χ4v) is 2.00. The van der Waals surface area contributed by atoms with Crippen LogP contribution in [-0.4, -0.2) is 54.9 Å². The Morgan fingerprint density at radius 3 is 2.65 bits per heavy atom.